The quantitative estimate of drug-likeness (QED) is 0.682. The number of nitrogens with one attached hydrogen (secondary N) is 1. The summed E-state index contributed by atoms with van der Waals surface area (Å²) >= 11 is 0. The van der Waals surface area contributed by atoms with Gasteiger partial charge in [-0.3, -0.25) is 0 Å². The lowest BCUT2D eigenvalue weighted by Gasteiger charge is -2.17. The van der Waals surface area contributed by atoms with Gasteiger partial charge < -0.3 is 5.21 Å². The number of hydrogen-bond donors (Lipinski definition) is 1. The predicted octanol–water partition coefficient (Wildman–Crippen LogP) is 1.01. The molecular weight excluding hydrogens is 178 g/mol. The average molecular weight is 195 g/mol. The van der Waals surface area contributed by atoms with E-state index in [1.54, 1.807) is 0 Å². The van der Waals surface area contributed by atoms with Crippen molar-refractivity contribution in [2.45, 2.75) is 13.8 Å². The zero-order valence-corrected chi connectivity index (χ0v) is 8.91. The van der Waals surface area contributed by atoms with Crippen LogP contribution >= 0.6 is 0 Å². The first kappa shape index (κ1) is 11.2. The van der Waals surface area contributed by atoms with Gasteiger partial charge in [-0.05, 0) is 12.8 Å². The molecule has 78 valence electrons. The molecule has 0 radical (unpaired) electrons. The summed E-state index contributed by atoms with van der Waals surface area (Å²) in [7, 11) is 1.41. The van der Waals surface area contributed by atoms with Crippen LogP contribution in [0.25, 0.3) is 0 Å². The molecule has 3 nitrogen and oxygen atoms in total. The second-order valence-electron chi connectivity index (χ2n) is 3.60. The Morgan fingerprint density at radius 1 is 1.57 bits per heavy atom. The van der Waals surface area contributed by atoms with Crippen LogP contribution in [0.1, 0.15) is 13.8 Å². The molecule has 0 fully saturated rings. The van der Waals surface area contributed by atoms with E-state index in [4.69, 9.17) is 0 Å². The Labute approximate surface area is 84.9 Å². The van der Waals surface area contributed by atoms with Gasteiger partial charge in [0.15, 0.2) is 0 Å². The first-order chi connectivity index (χ1) is 6.61. The molecule has 0 aromatic rings. The molecule has 1 aliphatic rings. The molecule has 1 N–H and O–H groups in total. The maximum Gasteiger partial charge on any atom is 0.132 e. The van der Waals surface area contributed by atoms with Gasteiger partial charge in [-0.15, -0.1) is 0 Å². The van der Waals surface area contributed by atoms with Crippen molar-refractivity contribution >= 4 is 0 Å². The smallest absolute Gasteiger partial charge is 0.132 e. The summed E-state index contributed by atoms with van der Waals surface area (Å²) < 4.78 is 0. The standard InChI is InChI=1S/C11H17NO2/c1-9-4-5-11(7-10(2)6-9)8-12(13)14-3/h4-7,9,12H,8H2,1-3H3. The lowest BCUT2D eigenvalue weighted by molar-refractivity contribution is -1.04. The number of quaternary nitrogens is 1. The molecule has 0 spiro atoms. The average Bonchev–Trinajstić information content (AvgIpc) is 2.27. The second kappa shape index (κ2) is 5.10. The Hall–Kier alpha value is -0.900. The number of allylic oxidation sites excluding steroid dienone is 4. The van der Waals surface area contributed by atoms with Crippen LogP contribution in [0.2, 0.25) is 0 Å². The van der Waals surface area contributed by atoms with Crippen LogP contribution in [-0.2, 0) is 4.84 Å². The summed E-state index contributed by atoms with van der Waals surface area (Å²) in [6.45, 7) is 4.51. The molecule has 3 heteroatoms. The minimum atomic E-state index is -0.191. The van der Waals surface area contributed by atoms with Crippen molar-refractivity contribution < 1.29 is 10.1 Å². The molecule has 0 saturated carbocycles. The van der Waals surface area contributed by atoms with E-state index in [0.717, 1.165) is 5.57 Å². The van der Waals surface area contributed by atoms with Gasteiger partial charge in [0.1, 0.15) is 6.54 Å². The summed E-state index contributed by atoms with van der Waals surface area (Å²) in [5, 5.41) is 10.9. The van der Waals surface area contributed by atoms with Crippen molar-refractivity contribution in [1.82, 2.24) is 0 Å². The van der Waals surface area contributed by atoms with Gasteiger partial charge in [-0.1, -0.05) is 36.8 Å². The van der Waals surface area contributed by atoms with Crippen molar-refractivity contribution in [2.24, 2.45) is 5.92 Å². The normalized spacial score (nSPS) is 23.9. The van der Waals surface area contributed by atoms with E-state index in [1.165, 1.54) is 12.7 Å². The molecule has 0 heterocycles. The molecule has 0 aromatic carbocycles. The molecule has 0 saturated heterocycles. The largest absolute Gasteiger partial charge is 0.600 e. The Kier molecular flexibility index (Phi) is 4.07. The monoisotopic (exact) mass is 195 g/mol. The third-order valence-electron chi connectivity index (χ3n) is 2.13. The van der Waals surface area contributed by atoms with Crippen LogP contribution in [0.4, 0.5) is 0 Å². The SMILES string of the molecule is CO[NH+]([O-])CC1=CC(C)=CC(C)C=C1. The summed E-state index contributed by atoms with van der Waals surface area (Å²) in [5.74, 6) is 0.432. The van der Waals surface area contributed by atoms with Crippen LogP contribution < -0.4 is 5.23 Å². The highest BCUT2D eigenvalue weighted by molar-refractivity contribution is 5.33. The highest BCUT2D eigenvalue weighted by atomic mass is 16.9. The fraction of sp³-hybridized carbons (Fsp3) is 0.455. The third kappa shape index (κ3) is 3.46. The fourth-order valence-corrected chi connectivity index (χ4v) is 1.48. The van der Waals surface area contributed by atoms with Crippen molar-refractivity contribution in [3.63, 3.8) is 0 Å². The molecule has 2 unspecified atom stereocenters. The van der Waals surface area contributed by atoms with E-state index in [0.29, 0.717) is 12.5 Å². The van der Waals surface area contributed by atoms with Crippen LogP contribution in [0.5, 0.6) is 0 Å². The van der Waals surface area contributed by atoms with Gasteiger partial charge >= 0.3 is 0 Å². The van der Waals surface area contributed by atoms with Crippen LogP contribution in [0.15, 0.2) is 35.5 Å². The number of hydroxylamine groups is 2. The minimum absolute atomic E-state index is 0.191. The molecule has 2 atom stereocenters. The summed E-state index contributed by atoms with van der Waals surface area (Å²) in [4.78, 5) is 4.62. The highest BCUT2D eigenvalue weighted by Crippen LogP contribution is 2.13. The van der Waals surface area contributed by atoms with Gasteiger partial charge in [0, 0.05) is 5.57 Å². The lowest BCUT2D eigenvalue weighted by Crippen LogP contribution is -3.06. The highest BCUT2D eigenvalue weighted by Gasteiger charge is 2.04. The van der Waals surface area contributed by atoms with Crippen molar-refractivity contribution in [3.8, 4) is 0 Å². The molecule has 0 aromatic heterocycles. The van der Waals surface area contributed by atoms with Crippen molar-refractivity contribution in [1.29, 1.82) is 0 Å². The van der Waals surface area contributed by atoms with Crippen LogP contribution in [0, 0.1) is 11.1 Å². The maximum absolute atomic E-state index is 11.1. The molecule has 14 heavy (non-hydrogen) atoms. The summed E-state index contributed by atoms with van der Waals surface area (Å²) in [6.07, 6.45) is 8.28. The zero-order chi connectivity index (χ0) is 10.6. The predicted molar refractivity (Wildman–Crippen MR) is 56.3 cm³/mol. The maximum atomic E-state index is 11.1. The third-order valence-corrected chi connectivity index (χ3v) is 2.13. The topological polar surface area (TPSA) is 36.7 Å². The van der Waals surface area contributed by atoms with Gasteiger partial charge in [-0.2, -0.15) is 0 Å². The molecule has 0 bridgehead atoms. The van der Waals surface area contributed by atoms with E-state index >= 15 is 0 Å². The Balaban J connectivity index is 2.70. The van der Waals surface area contributed by atoms with Crippen LogP contribution in [0.3, 0.4) is 0 Å². The summed E-state index contributed by atoms with van der Waals surface area (Å²) in [5.41, 5.74) is 2.20. The van der Waals surface area contributed by atoms with Gasteiger partial charge in [0.2, 0.25) is 0 Å². The van der Waals surface area contributed by atoms with E-state index in [-0.39, 0.29) is 5.23 Å². The molecular formula is C11H17NO2. The summed E-state index contributed by atoms with van der Waals surface area (Å²) in [6, 6.07) is 0. The van der Waals surface area contributed by atoms with E-state index < -0.39 is 0 Å². The fourth-order valence-electron chi connectivity index (χ4n) is 1.48. The zero-order valence-electron chi connectivity index (χ0n) is 8.91. The molecule has 0 amide bonds. The number of rotatable bonds is 3. The van der Waals surface area contributed by atoms with Gasteiger partial charge in [0.05, 0.1) is 7.11 Å². The number of hydrogen-bond acceptors (Lipinski definition) is 2. The molecule has 0 aliphatic heterocycles. The van der Waals surface area contributed by atoms with Gasteiger partial charge in [-0.25, -0.2) is 10.1 Å². The Morgan fingerprint density at radius 2 is 2.29 bits per heavy atom. The minimum Gasteiger partial charge on any atom is -0.600 e. The van der Waals surface area contributed by atoms with E-state index in [1.807, 2.05) is 19.1 Å². The molecule has 1 aliphatic carbocycles. The first-order valence-corrected chi connectivity index (χ1v) is 4.76. The lowest BCUT2D eigenvalue weighted by atomic mass is 10.1. The van der Waals surface area contributed by atoms with Crippen molar-refractivity contribution in [3.05, 3.63) is 40.7 Å². The Morgan fingerprint density at radius 3 is 2.93 bits per heavy atom. The second-order valence-corrected chi connectivity index (χ2v) is 3.60. The van der Waals surface area contributed by atoms with E-state index in [2.05, 4.69) is 23.9 Å². The van der Waals surface area contributed by atoms with E-state index in [9.17, 15) is 5.21 Å². The van der Waals surface area contributed by atoms with Crippen molar-refractivity contribution in [2.75, 3.05) is 13.7 Å². The Bertz CT molecular complexity index is 279. The molecule has 1 rings (SSSR count). The first-order valence-electron chi connectivity index (χ1n) is 4.76. The van der Waals surface area contributed by atoms with Gasteiger partial charge in [0.25, 0.3) is 0 Å². The van der Waals surface area contributed by atoms with Crippen LogP contribution in [-0.4, -0.2) is 13.7 Å².